The summed E-state index contributed by atoms with van der Waals surface area (Å²) in [4.78, 5) is 20.5. The van der Waals surface area contributed by atoms with Gasteiger partial charge in [-0.1, -0.05) is 41.0 Å². The quantitative estimate of drug-likeness (QED) is 0.583. The highest BCUT2D eigenvalue weighted by atomic mass is 35.5. The van der Waals surface area contributed by atoms with Crippen LogP contribution in [0.4, 0.5) is 11.6 Å². The van der Waals surface area contributed by atoms with E-state index in [1.807, 2.05) is 12.3 Å². The van der Waals surface area contributed by atoms with Crippen LogP contribution in [0.25, 0.3) is 0 Å². The van der Waals surface area contributed by atoms with Crippen LogP contribution in [-0.4, -0.2) is 33.0 Å². The van der Waals surface area contributed by atoms with E-state index in [2.05, 4.69) is 30.9 Å². The van der Waals surface area contributed by atoms with Crippen molar-refractivity contribution in [2.45, 2.75) is 35.2 Å². The molecule has 4 N–H and O–H groups in total. The summed E-state index contributed by atoms with van der Waals surface area (Å²) in [5.74, 6) is 1.12. The number of nitrogens with two attached hydrogens (primary N) is 2. The van der Waals surface area contributed by atoms with Gasteiger partial charge in [-0.25, -0.2) is 9.97 Å². The van der Waals surface area contributed by atoms with Crippen LogP contribution in [0.5, 0.6) is 0 Å². The molecule has 0 bridgehead atoms. The fourth-order valence-electron chi connectivity index (χ4n) is 4.53. The Morgan fingerprint density at radius 1 is 1.10 bits per heavy atom. The molecule has 1 aliphatic carbocycles. The highest BCUT2D eigenvalue weighted by Crippen LogP contribution is 2.50. The molecule has 1 fully saturated rings. The number of hydrogen-bond donors (Lipinski definition) is 2. The van der Waals surface area contributed by atoms with E-state index in [4.69, 9.17) is 34.7 Å². The number of nitrogens with zero attached hydrogens (tertiary/aromatic N) is 5. The van der Waals surface area contributed by atoms with Crippen molar-refractivity contribution in [3.8, 4) is 0 Å². The normalized spacial score (nSPS) is 19.6. The van der Waals surface area contributed by atoms with Gasteiger partial charge in [0.25, 0.3) is 0 Å². The summed E-state index contributed by atoms with van der Waals surface area (Å²) in [6, 6.07) is 4.11. The molecular weight excluding hydrogens is 453 g/mol. The van der Waals surface area contributed by atoms with Crippen LogP contribution in [0.15, 0.2) is 46.8 Å². The summed E-state index contributed by atoms with van der Waals surface area (Å²) in [5.41, 5.74) is 15.3. The molecule has 160 valence electrons. The average molecular weight is 474 g/mol. The Morgan fingerprint density at radius 3 is 2.52 bits per heavy atom. The van der Waals surface area contributed by atoms with Gasteiger partial charge >= 0.3 is 0 Å². The zero-order valence-electron chi connectivity index (χ0n) is 16.6. The highest BCUT2D eigenvalue weighted by molar-refractivity contribution is 7.99. The number of fused-ring (bicyclic) bond motifs is 1. The lowest BCUT2D eigenvalue weighted by Crippen LogP contribution is -2.44. The molecule has 3 aromatic heterocycles. The standard InChI is InChI=1S/C21H21Cl2N7S/c22-13-9-26-10-14(23)17(13)31-20-19(25)29-16(11-28-20)30-6-3-21(4-7-30)8-15-12(18(21)24)2-1-5-27-15/h1-2,5,9-11,18H,3-4,6-8,24H2,(H2,25,29)/t18-/m1/s1. The predicted octanol–water partition coefficient (Wildman–Crippen LogP) is 4.15. The molecule has 1 spiro atoms. The SMILES string of the molecule is Nc1nc(N2CCC3(CC2)Cc2ncccc2[C@H]3N)cnc1Sc1c(Cl)cncc1Cl. The largest absolute Gasteiger partial charge is 0.381 e. The van der Waals surface area contributed by atoms with E-state index in [9.17, 15) is 0 Å². The first-order valence-electron chi connectivity index (χ1n) is 10.0. The number of piperidine rings is 1. The number of anilines is 2. The first kappa shape index (κ1) is 20.8. The fraction of sp³-hybridized carbons (Fsp3) is 0.333. The average Bonchev–Trinajstić information content (AvgIpc) is 3.04. The van der Waals surface area contributed by atoms with E-state index in [1.54, 1.807) is 18.6 Å². The topological polar surface area (TPSA) is 107 Å². The number of nitrogen functional groups attached to an aromatic ring is 1. The molecule has 1 atom stereocenters. The Hall–Kier alpha value is -2.13. The summed E-state index contributed by atoms with van der Waals surface area (Å²) in [6.45, 7) is 1.70. The van der Waals surface area contributed by atoms with Crippen molar-refractivity contribution in [1.29, 1.82) is 0 Å². The van der Waals surface area contributed by atoms with Crippen molar-refractivity contribution < 1.29 is 0 Å². The summed E-state index contributed by atoms with van der Waals surface area (Å²) in [6.07, 6.45) is 9.58. The lowest BCUT2D eigenvalue weighted by molar-refractivity contribution is 0.186. The second kappa shape index (κ2) is 8.09. The number of pyridine rings is 2. The molecule has 7 nitrogen and oxygen atoms in total. The van der Waals surface area contributed by atoms with Gasteiger partial charge in [-0.15, -0.1) is 0 Å². The van der Waals surface area contributed by atoms with Crippen LogP contribution in [0, 0.1) is 5.41 Å². The van der Waals surface area contributed by atoms with E-state index in [0.717, 1.165) is 43.9 Å². The van der Waals surface area contributed by atoms with Crippen molar-refractivity contribution in [2.24, 2.45) is 11.1 Å². The van der Waals surface area contributed by atoms with Crippen molar-refractivity contribution in [3.05, 3.63) is 58.2 Å². The van der Waals surface area contributed by atoms with E-state index in [1.165, 1.54) is 17.3 Å². The Labute approximate surface area is 194 Å². The second-order valence-electron chi connectivity index (χ2n) is 8.00. The maximum atomic E-state index is 6.65. The number of aromatic nitrogens is 4. The zero-order chi connectivity index (χ0) is 21.6. The summed E-state index contributed by atoms with van der Waals surface area (Å²) >= 11 is 13.7. The van der Waals surface area contributed by atoms with E-state index in [-0.39, 0.29) is 11.5 Å². The molecule has 4 heterocycles. The molecule has 0 amide bonds. The van der Waals surface area contributed by atoms with Crippen LogP contribution in [0.3, 0.4) is 0 Å². The van der Waals surface area contributed by atoms with Crippen LogP contribution in [0.2, 0.25) is 10.0 Å². The van der Waals surface area contributed by atoms with Crippen molar-refractivity contribution in [3.63, 3.8) is 0 Å². The molecule has 3 aromatic rings. The summed E-state index contributed by atoms with van der Waals surface area (Å²) in [7, 11) is 0. The van der Waals surface area contributed by atoms with E-state index < -0.39 is 0 Å². The zero-order valence-corrected chi connectivity index (χ0v) is 19.0. The third-order valence-corrected chi connectivity index (χ3v) is 8.23. The monoisotopic (exact) mass is 473 g/mol. The van der Waals surface area contributed by atoms with Gasteiger partial charge in [0.05, 0.1) is 21.1 Å². The van der Waals surface area contributed by atoms with Gasteiger partial charge in [0, 0.05) is 43.4 Å². The molecule has 0 aromatic carbocycles. The van der Waals surface area contributed by atoms with Gasteiger partial charge in [0.2, 0.25) is 0 Å². The maximum absolute atomic E-state index is 6.65. The maximum Gasteiger partial charge on any atom is 0.158 e. The highest BCUT2D eigenvalue weighted by Gasteiger charge is 2.46. The minimum absolute atomic E-state index is 0.0307. The summed E-state index contributed by atoms with van der Waals surface area (Å²) in [5, 5.41) is 1.46. The molecule has 0 radical (unpaired) electrons. The molecule has 5 rings (SSSR count). The summed E-state index contributed by atoms with van der Waals surface area (Å²) < 4.78 is 0. The van der Waals surface area contributed by atoms with E-state index in [0.29, 0.717) is 25.8 Å². The van der Waals surface area contributed by atoms with Gasteiger partial charge in [-0.2, -0.15) is 0 Å². The predicted molar refractivity (Wildman–Crippen MR) is 124 cm³/mol. The first-order chi connectivity index (χ1) is 15.0. The van der Waals surface area contributed by atoms with Crippen molar-refractivity contribution >= 4 is 46.6 Å². The molecule has 0 unspecified atom stereocenters. The van der Waals surface area contributed by atoms with Crippen molar-refractivity contribution in [2.75, 3.05) is 23.7 Å². The number of rotatable bonds is 3. The molecule has 10 heteroatoms. The van der Waals surface area contributed by atoms with Gasteiger partial charge < -0.3 is 16.4 Å². The van der Waals surface area contributed by atoms with Gasteiger partial charge in [0.15, 0.2) is 5.82 Å². The molecular formula is C21H21Cl2N7S. The Bertz CT molecular complexity index is 1110. The van der Waals surface area contributed by atoms with Gasteiger partial charge in [-0.3, -0.25) is 9.97 Å². The smallest absolute Gasteiger partial charge is 0.158 e. The molecule has 1 aliphatic heterocycles. The lowest BCUT2D eigenvalue weighted by Gasteiger charge is -2.42. The molecule has 2 aliphatic rings. The van der Waals surface area contributed by atoms with Crippen LogP contribution in [-0.2, 0) is 6.42 Å². The molecule has 1 saturated heterocycles. The van der Waals surface area contributed by atoms with Crippen LogP contribution in [0.1, 0.15) is 30.1 Å². The van der Waals surface area contributed by atoms with Crippen molar-refractivity contribution in [1.82, 2.24) is 19.9 Å². The lowest BCUT2D eigenvalue weighted by atomic mass is 9.73. The van der Waals surface area contributed by atoms with Crippen LogP contribution >= 0.6 is 35.0 Å². The number of halogens is 2. The molecule has 31 heavy (non-hydrogen) atoms. The Kier molecular flexibility index (Phi) is 5.42. The first-order valence-corrected chi connectivity index (χ1v) is 11.6. The number of hydrogen-bond acceptors (Lipinski definition) is 8. The third-order valence-electron chi connectivity index (χ3n) is 6.28. The fourth-order valence-corrected chi connectivity index (χ4v) is 5.88. The minimum Gasteiger partial charge on any atom is -0.381 e. The van der Waals surface area contributed by atoms with E-state index >= 15 is 0 Å². The van der Waals surface area contributed by atoms with Crippen LogP contribution < -0.4 is 16.4 Å². The Balaban J connectivity index is 1.30. The Morgan fingerprint density at radius 2 is 1.84 bits per heavy atom. The molecule has 0 saturated carbocycles. The third kappa shape index (κ3) is 3.71. The van der Waals surface area contributed by atoms with Gasteiger partial charge in [0.1, 0.15) is 10.8 Å². The van der Waals surface area contributed by atoms with Gasteiger partial charge in [-0.05, 0) is 36.3 Å². The minimum atomic E-state index is 0.0307. The second-order valence-corrected chi connectivity index (χ2v) is 9.81.